The van der Waals surface area contributed by atoms with Crippen LogP contribution in [-0.4, -0.2) is 35.7 Å². The van der Waals surface area contributed by atoms with Crippen LogP contribution in [0, 0.1) is 5.41 Å². The van der Waals surface area contributed by atoms with E-state index in [0.29, 0.717) is 0 Å². The van der Waals surface area contributed by atoms with Crippen LogP contribution in [0.15, 0.2) is 0 Å². The second-order valence-electron chi connectivity index (χ2n) is 6.66. The lowest BCUT2D eigenvalue weighted by Crippen LogP contribution is -2.55. The van der Waals surface area contributed by atoms with Gasteiger partial charge in [-0.3, -0.25) is 4.90 Å². The lowest BCUT2D eigenvalue weighted by atomic mass is 9.72. The molecule has 2 rings (SSSR count). The number of nitrogens with two attached hydrogens (primary N) is 1. The number of halogens is 3. The number of rotatable bonds is 3. The lowest BCUT2D eigenvalue weighted by Gasteiger charge is -2.45. The van der Waals surface area contributed by atoms with Crippen molar-refractivity contribution < 1.29 is 13.2 Å². The summed E-state index contributed by atoms with van der Waals surface area (Å²) >= 11 is 0. The van der Waals surface area contributed by atoms with Crippen molar-refractivity contribution in [2.45, 2.75) is 70.3 Å². The number of nitrogens with zero attached hydrogens (tertiary/aromatic N) is 1. The third kappa shape index (κ3) is 3.60. The van der Waals surface area contributed by atoms with Gasteiger partial charge in [0.15, 0.2) is 0 Å². The van der Waals surface area contributed by atoms with Gasteiger partial charge in [-0.1, -0.05) is 13.8 Å². The molecule has 106 valence electrons. The minimum atomic E-state index is -4.12. The molecule has 2 unspecified atom stereocenters. The van der Waals surface area contributed by atoms with E-state index >= 15 is 0 Å². The SMILES string of the molecule is CC1(C)CCC(N)C(N(CC(F)(F)F)C2CC2)C1. The van der Waals surface area contributed by atoms with E-state index in [2.05, 4.69) is 13.8 Å². The van der Waals surface area contributed by atoms with E-state index in [9.17, 15) is 13.2 Å². The van der Waals surface area contributed by atoms with Crippen LogP contribution >= 0.6 is 0 Å². The van der Waals surface area contributed by atoms with Gasteiger partial charge in [-0.15, -0.1) is 0 Å². The molecule has 0 spiro atoms. The van der Waals surface area contributed by atoms with Gasteiger partial charge >= 0.3 is 6.18 Å². The molecule has 2 saturated carbocycles. The molecule has 0 aromatic carbocycles. The molecule has 5 heteroatoms. The van der Waals surface area contributed by atoms with E-state index in [1.807, 2.05) is 0 Å². The van der Waals surface area contributed by atoms with Gasteiger partial charge < -0.3 is 5.73 Å². The van der Waals surface area contributed by atoms with Crippen LogP contribution < -0.4 is 5.73 Å². The quantitative estimate of drug-likeness (QED) is 0.849. The highest BCUT2D eigenvalue weighted by Gasteiger charge is 2.45. The second kappa shape index (κ2) is 4.67. The molecule has 18 heavy (non-hydrogen) atoms. The van der Waals surface area contributed by atoms with Gasteiger partial charge in [0.1, 0.15) is 0 Å². The Kier molecular flexibility index (Phi) is 3.67. The first-order chi connectivity index (χ1) is 8.18. The van der Waals surface area contributed by atoms with E-state index in [1.54, 1.807) is 4.90 Å². The predicted octanol–water partition coefficient (Wildman–Crippen LogP) is 2.92. The maximum Gasteiger partial charge on any atom is 0.401 e. The molecule has 0 saturated heterocycles. The van der Waals surface area contributed by atoms with Gasteiger partial charge in [-0.05, 0) is 37.5 Å². The van der Waals surface area contributed by atoms with Crippen molar-refractivity contribution in [1.29, 1.82) is 0 Å². The van der Waals surface area contributed by atoms with E-state index in [-0.39, 0.29) is 23.5 Å². The predicted molar refractivity (Wildman–Crippen MR) is 65.2 cm³/mol. The zero-order chi connectivity index (χ0) is 13.6. The van der Waals surface area contributed by atoms with Crippen molar-refractivity contribution in [3.05, 3.63) is 0 Å². The molecule has 0 heterocycles. The van der Waals surface area contributed by atoms with Gasteiger partial charge in [-0.2, -0.15) is 13.2 Å². The molecular formula is C13H23F3N2. The van der Waals surface area contributed by atoms with Crippen molar-refractivity contribution in [3.63, 3.8) is 0 Å². The van der Waals surface area contributed by atoms with Crippen molar-refractivity contribution in [3.8, 4) is 0 Å². The highest BCUT2D eigenvalue weighted by Crippen LogP contribution is 2.41. The van der Waals surface area contributed by atoms with Crippen LogP contribution in [-0.2, 0) is 0 Å². The number of hydrogen-bond acceptors (Lipinski definition) is 2. The molecule has 2 N–H and O–H groups in total. The van der Waals surface area contributed by atoms with Gasteiger partial charge in [-0.25, -0.2) is 0 Å². The Morgan fingerprint density at radius 2 is 1.83 bits per heavy atom. The van der Waals surface area contributed by atoms with E-state index < -0.39 is 12.7 Å². The van der Waals surface area contributed by atoms with Crippen LogP contribution in [0.1, 0.15) is 46.0 Å². The maximum atomic E-state index is 12.7. The Labute approximate surface area is 107 Å². The summed E-state index contributed by atoms with van der Waals surface area (Å²) in [6.07, 6.45) is 0.276. The zero-order valence-corrected chi connectivity index (χ0v) is 11.1. The molecule has 2 atom stereocenters. The van der Waals surface area contributed by atoms with Crippen molar-refractivity contribution in [2.24, 2.45) is 11.1 Å². The molecule has 0 radical (unpaired) electrons. The zero-order valence-electron chi connectivity index (χ0n) is 11.1. The number of hydrogen-bond donors (Lipinski definition) is 1. The Morgan fingerprint density at radius 3 is 2.33 bits per heavy atom. The Bertz CT molecular complexity index is 295. The minimum Gasteiger partial charge on any atom is -0.326 e. The molecule has 2 nitrogen and oxygen atoms in total. The van der Waals surface area contributed by atoms with Crippen LogP contribution in [0.5, 0.6) is 0 Å². The van der Waals surface area contributed by atoms with Crippen LogP contribution in [0.4, 0.5) is 13.2 Å². The maximum absolute atomic E-state index is 12.7. The summed E-state index contributed by atoms with van der Waals surface area (Å²) in [6.45, 7) is 3.46. The van der Waals surface area contributed by atoms with Crippen LogP contribution in [0.3, 0.4) is 0 Å². The average Bonchev–Trinajstić information content (AvgIpc) is 3.01. The second-order valence-corrected chi connectivity index (χ2v) is 6.66. The van der Waals surface area contributed by atoms with E-state index in [1.165, 1.54) is 0 Å². The summed E-state index contributed by atoms with van der Waals surface area (Å²) in [4.78, 5) is 1.63. The minimum absolute atomic E-state index is 0.108. The summed E-state index contributed by atoms with van der Waals surface area (Å²) in [5.41, 5.74) is 6.19. The summed E-state index contributed by atoms with van der Waals surface area (Å²) in [6, 6.07) is -0.111. The average molecular weight is 264 g/mol. The Balaban J connectivity index is 2.08. The fourth-order valence-corrected chi connectivity index (χ4v) is 3.06. The fourth-order valence-electron chi connectivity index (χ4n) is 3.06. The molecule has 0 aliphatic heterocycles. The van der Waals surface area contributed by atoms with E-state index in [4.69, 9.17) is 5.73 Å². The highest BCUT2D eigenvalue weighted by molar-refractivity contribution is 4.98. The van der Waals surface area contributed by atoms with Crippen molar-refractivity contribution in [1.82, 2.24) is 4.90 Å². The monoisotopic (exact) mass is 264 g/mol. The Hall–Kier alpha value is -0.290. The van der Waals surface area contributed by atoms with Gasteiger partial charge in [0.2, 0.25) is 0 Å². The molecule has 0 aromatic heterocycles. The first-order valence-corrected chi connectivity index (χ1v) is 6.76. The smallest absolute Gasteiger partial charge is 0.326 e. The summed E-state index contributed by atoms with van der Waals surface area (Å²) in [5, 5.41) is 0. The molecule has 2 fully saturated rings. The van der Waals surface area contributed by atoms with Crippen LogP contribution in [0.2, 0.25) is 0 Å². The molecule has 0 aromatic rings. The molecule has 0 bridgehead atoms. The summed E-state index contributed by atoms with van der Waals surface area (Å²) in [7, 11) is 0. The van der Waals surface area contributed by atoms with Gasteiger partial charge in [0.05, 0.1) is 6.54 Å². The largest absolute Gasteiger partial charge is 0.401 e. The molecule has 0 amide bonds. The first-order valence-electron chi connectivity index (χ1n) is 6.76. The molecule has 2 aliphatic rings. The molecular weight excluding hydrogens is 241 g/mol. The third-order valence-corrected chi connectivity index (χ3v) is 4.21. The van der Waals surface area contributed by atoms with Gasteiger partial charge in [0, 0.05) is 18.1 Å². The van der Waals surface area contributed by atoms with Gasteiger partial charge in [0.25, 0.3) is 0 Å². The standard InChI is InChI=1S/C13H23F3N2/c1-12(2)6-5-10(17)11(7-12)18(9-3-4-9)8-13(14,15)16/h9-11H,3-8,17H2,1-2H3. The Morgan fingerprint density at radius 1 is 1.22 bits per heavy atom. The highest BCUT2D eigenvalue weighted by atomic mass is 19.4. The lowest BCUT2D eigenvalue weighted by molar-refractivity contribution is -0.156. The van der Waals surface area contributed by atoms with Crippen molar-refractivity contribution >= 4 is 0 Å². The number of alkyl halides is 3. The summed E-state index contributed by atoms with van der Waals surface area (Å²) in [5.74, 6) is 0. The van der Waals surface area contributed by atoms with Crippen molar-refractivity contribution in [2.75, 3.05) is 6.54 Å². The van der Waals surface area contributed by atoms with Crippen LogP contribution in [0.25, 0.3) is 0 Å². The summed E-state index contributed by atoms with van der Waals surface area (Å²) < 4.78 is 38.1. The normalized spacial score (nSPS) is 32.8. The van der Waals surface area contributed by atoms with E-state index in [0.717, 1.165) is 32.1 Å². The fraction of sp³-hybridized carbons (Fsp3) is 1.00. The third-order valence-electron chi connectivity index (χ3n) is 4.21. The molecule has 2 aliphatic carbocycles. The topological polar surface area (TPSA) is 29.3 Å². The first kappa shape index (κ1) is 14.1.